The fourth-order valence-electron chi connectivity index (χ4n) is 1.36. The minimum Gasteiger partial charge on any atom is -0.408 e. The van der Waals surface area contributed by atoms with Gasteiger partial charge in [0.2, 0.25) is 0 Å². The highest BCUT2D eigenvalue weighted by molar-refractivity contribution is 7.85. The first-order chi connectivity index (χ1) is 6.88. The van der Waals surface area contributed by atoms with Gasteiger partial charge in [-0.1, -0.05) is 0 Å². The van der Waals surface area contributed by atoms with Gasteiger partial charge in [0.15, 0.2) is 5.58 Å². The number of rotatable bonds is 1. The Morgan fingerprint density at radius 1 is 1.40 bits per heavy atom. The Balaban J connectivity index is 2.89. The fraction of sp³-hybridized carbons (Fsp3) is 0.125. The number of H-pyrrole nitrogens is 1. The van der Waals surface area contributed by atoms with Crippen LogP contribution < -0.4 is 5.76 Å². The zero-order chi connectivity index (χ0) is 11.2. The molecule has 0 radical (unpaired) electrons. The van der Waals surface area contributed by atoms with Crippen molar-refractivity contribution in [3.63, 3.8) is 0 Å². The molecule has 0 saturated carbocycles. The van der Waals surface area contributed by atoms with Crippen LogP contribution in [-0.4, -0.2) is 18.0 Å². The molecule has 0 aliphatic heterocycles. The van der Waals surface area contributed by atoms with E-state index in [1.807, 2.05) is 0 Å². The maximum absolute atomic E-state index is 10.9. The third-order valence-corrected chi connectivity index (χ3v) is 2.99. The summed E-state index contributed by atoms with van der Waals surface area (Å²) in [5.41, 5.74) is 0.824. The second-order valence-corrected chi connectivity index (χ2v) is 4.49. The van der Waals surface area contributed by atoms with Crippen LogP contribution >= 0.6 is 0 Å². The lowest BCUT2D eigenvalue weighted by Crippen LogP contribution is -2.00. The maximum Gasteiger partial charge on any atom is 0.417 e. The summed E-state index contributed by atoms with van der Waals surface area (Å²) in [5.74, 6) is -0.670. The van der Waals surface area contributed by atoms with Crippen molar-refractivity contribution in [2.45, 2.75) is 11.8 Å². The van der Waals surface area contributed by atoms with E-state index in [0.717, 1.165) is 6.07 Å². The van der Waals surface area contributed by atoms with Crippen molar-refractivity contribution in [3.8, 4) is 0 Å². The second kappa shape index (κ2) is 2.94. The molecular weight excluding hydrogens is 222 g/mol. The van der Waals surface area contributed by atoms with Crippen LogP contribution in [0.3, 0.4) is 0 Å². The average molecular weight is 229 g/mol. The summed E-state index contributed by atoms with van der Waals surface area (Å²) in [6.07, 6.45) is 0. The summed E-state index contributed by atoms with van der Waals surface area (Å²) in [6, 6.07) is 2.53. The van der Waals surface area contributed by atoms with E-state index in [1.54, 1.807) is 0 Å². The van der Waals surface area contributed by atoms with E-state index in [4.69, 9.17) is 4.55 Å². The van der Waals surface area contributed by atoms with Crippen LogP contribution in [0.15, 0.2) is 26.2 Å². The molecule has 1 aromatic carbocycles. The Bertz CT molecular complexity index is 679. The molecule has 0 aliphatic rings. The van der Waals surface area contributed by atoms with E-state index in [0.29, 0.717) is 11.1 Å². The van der Waals surface area contributed by atoms with Crippen LogP contribution in [0.25, 0.3) is 11.1 Å². The smallest absolute Gasteiger partial charge is 0.408 e. The van der Waals surface area contributed by atoms with Gasteiger partial charge in [-0.3, -0.25) is 9.54 Å². The Morgan fingerprint density at radius 2 is 2.07 bits per heavy atom. The highest BCUT2D eigenvalue weighted by Crippen LogP contribution is 2.20. The normalized spacial score (nSPS) is 12.1. The van der Waals surface area contributed by atoms with E-state index < -0.39 is 15.9 Å². The van der Waals surface area contributed by atoms with Crippen LogP contribution in [0.1, 0.15) is 5.56 Å². The molecule has 2 N–H and O–H groups in total. The van der Waals surface area contributed by atoms with Gasteiger partial charge in [-0.2, -0.15) is 8.42 Å². The molecular formula is C8H7NO5S. The number of oxazole rings is 1. The monoisotopic (exact) mass is 229 g/mol. The largest absolute Gasteiger partial charge is 0.417 e. The van der Waals surface area contributed by atoms with Crippen LogP contribution in [0.2, 0.25) is 0 Å². The number of aryl methyl sites for hydroxylation is 1. The molecule has 2 aromatic rings. The average Bonchev–Trinajstić information content (AvgIpc) is 2.40. The van der Waals surface area contributed by atoms with Gasteiger partial charge in [-0.05, 0) is 18.6 Å². The summed E-state index contributed by atoms with van der Waals surface area (Å²) in [5, 5.41) is 0. The quantitative estimate of drug-likeness (QED) is 0.700. The molecule has 6 nitrogen and oxygen atoms in total. The number of aromatic nitrogens is 1. The minimum atomic E-state index is -4.29. The first-order valence-corrected chi connectivity index (χ1v) is 5.43. The lowest BCUT2D eigenvalue weighted by atomic mass is 10.2. The Hall–Kier alpha value is -1.60. The summed E-state index contributed by atoms with van der Waals surface area (Å²) >= 11 is 0. The van der Waals surface area contributed by atoms with Crippen molar-refractivity contribution >= 4 is 21.2 Å². The highest BCUT2D eigenvalue weighted by Gasteiger charge is 2.15. The molecule has 7 heteroatoms. The van der Waals surface area contributed by atoms with E-state index in [1.165, 1.54) is 13.0 Å². The first kappa shape index (κ1) is 9.94. The topological polar surface area (TPSA) is 100 Å². The SMILES string of the molecule is Cc1cc2[nH]c(=O)oc2cc1S(=O)(=O)O. The number of nitrogens with one attached hydrogen (secondary N) is 1. The van der Waals surface area contributed by atoms with Crippen molar-refractivity contribution in [3.05, 3.63) is 28.2 Å². The fourth-order valence-corrected chi connectivity index (χ4v) is 2.09. The molecule has 15 heavy (non-hydrogen) atoms. The third-order valence-electron chi connectivity index (χ3n) is 1.99. The Labute approximate surface area is 84.3 Å². The van der Waals surface area contributed by atoms with Gasteiger partial charge in [0.1, 0.15) is 4.90 Å². The van der Waals surface area contributed by atoms with Crippen molar-refractivity contribution in [2.24, 2.45) is 0 Å². The number of hydrogen-bond acceptors (Lipinski definition) is 4. The van der Waals surface area contributed by atoms with Gasteiger partial charge >= 0.3 is 5.76 Å². The molecule has 0 spiro atoms. The predicted octanol–water partition coefficient (Wildman–Crippen LogP) is 0.676. The summed E-state index contributed by atoms with van der Waals surface area (Å²) in [4.78, 5) is 12.9. The molecule has 0 bridgehead atoms. The predicted molar refractivity (Wildman–Crippen MR) is 51.4 cm³/mol. The lowest BCUT2D eigenvalue weighted by Gasteiger charge is -2.00. The maximum atomic E-state index is 10.9. The standard InChI is InChI=1S/C8H7NO5S/c1-4-2-5-6(14-8(10)9-5)3-7(4)15(11,12)13/h2-3H,1H3,(H,9,10)(H,11,12,13). The zero-order valence-electron chi connectivity index (χ0n) is 7.64. The molecule has 1 heterocycles. The number of benzene rings is 1. The van der Waals surface area contributed by atoms with Gasteiger partial charge in [0, 0.05) is 6.07 Å². The van der Waals surface area contributed by atoms with Crippen LogP contribution in [0.5, 0.6) is 0 Å². The number of aromatic amines is 1. The van der Waals surface area contributed by atoms with Gasteiger partial charge in [0.05, 0.1) is 5.52 Å². The molecule has 0 unspecified atom stereocenters. The molecule has 0 saturated heterocycles. The molecule has 80 valence electrons. The Kier molecular flexibility index (Phi) is 1.95. The van der Waals surface area contributed by atoms with Crippen LogP contribution in [0.4, 0.5) is 0 Å². The van der Waals surface area contributed by atoms with Crippen molar-refractivity contribution in [1.29, 1.82) is 0 Å². The van der Waals surface area contributed by atoms with Crippen LogP contribution in [-0.2, 0) is 10.1 Å². The first-order valence-electron chi connectivity index (χ1n) is 3.99. The number of fused-ring (bicyclic) bond motifs is 1. The lowest BCUT2D eigenvalue weighted by molar-refractivity contribution is 0.482. The highest BCUT2D eigenvalue weighted by atomic mass is 32.2. The van der Waals surface area contributed by atoms with Crippen molar-refractivity contribution < 1.29 is 17.4 Å². The van der Waals surface area contributed by atoms with Gasteiger partial charge in [0.25, 0.3) is 10.1 Å². The van der Waals surface area contributed by atoms with Gasteiger partial charge in [-0.15, -0.1) is 0 Å². The van der Waals surface area contributed by atoms with E-state index >= 15 is 0 Å². The van der Waals surface area contributed by atoms with Crippen LogP contribution in [0, 0.1) is 6.92 Å². The molecule has 2 rings (SSSR count). The van der Waals surface area contributed by atoms with Gasteiger partial charge < -0.3 is 4.42 Å². The summed E-state index contributed by atoms with van der Waals surface area (Å²) < 4.78 is 35.4. The molecule has 0 fully saturated rings. The van der Waals surface area contributed by atoms with Crippen molar-refractivity contribution in [1.82, 2.24) is 4.98 Å². The molecule has 0 amide bonds. The third kappa shape index (κ3) is 1.66. The molecule has 1 aromatic heterocycles. The molecule has 0 aliphatic carbocycles. The summed E-state index contributed by atoms with van der Waals surface area (Å²) in [7, 11) is -4.29. The van der Waals surface area contributed by atoms with E-state index in [2.05, 4.69) is 9.40 Å². The van der Waals surface area contributed by atoms with E-state index in [9.17, 15) is 13.2 Å². The Morgan fingerprint density at radius 3 is 2.67 bits per heavy atom. The second-order valence-electron chi connectivity index (χ2n) is 3.10. The van der Waals surface area contributed by atoms with E-state index in [-0.39, 0.29) is 10.5 Å². The van der Waals surface area contributed by atoms with Gasteiger partial charge in [-0.25, -0.2) is 4.79 Å². The minimum absolute atomic E-state index is 0.0956. The number of hydrogen-bond donors (Lipinski definition) is 2. The van der Waals surface area contributed by atoms with Crippen molar-refractivity contribution in [2.75, 3.05) is 0 Å². The summed E-state index contributed by atoms with van der Waals surface area (Å²) in [6.45, 7) is 1.51. The zero-order valence-corrected chi connectivity index (χ0v) is 8.46. The molecule has 0 atom stereocenters.